The highest BCUT2D eigenvalue weighted by molar-refractivity contribution is 7.99. The van der Waals surface area contributed by atoms with E-state index in [0.717, 1.165) is 11.4 Å². The first-order valence-electron chi connectivity index (χ1n) is 6.07. The topological polar surface area (TPSA) is 55.9 Å². The Morgan fingerprint density at radius 2 is 2.32 bits per heavy atom. The molecule has 0 spiro atoms. The number of hydrogen-bond donors (Lipinski definition) is 2. The van der Waals surface area contributed by atoms with Crippen LogP contribution >= 0.6 is 23.4 Å². The average Bonchev–Trinajstić information content (AvgIpc) is 2.98. The number of fused-ring (bicyclic) bond motifs is 1. The molecule has 2 atom stereocenters. The maximum atomic E-state index is 6.24. The summed E-state index contributed by atoms with van der Waals surface area (Å²) in [6, 6.07) is 8.41. The number of nitrogens with zero attached hydrogens (tertiary/aromatic N) is 2. The lowest BCUT2D eigenvalue weighted by atomic mass is 9.91. The fourth-order valence-electron chi connectivity index (χ4n) is 2.62. The molecule has 1 aliphatic heterocycles. The molecule has 6 heteroatoms. The third-order valence-corrected chi connectivity index (χ3v) is 5.05. The third kappa shape index (κ3) is 2.17. The maximum Gasteiger partial charge on any atom is 0.0834 e. The van der Waals surface area contributed by atoms with Gasteiger partial charge in [-0.1, -0.05) is 29.8 Å². The molecule has 1 aromatic carbocycles. The van der Waals surface area contributed by atoms with Crippen LogP contribution in [0.15, 0.2) is 35.4 Å². The van der Waals surface area contributed by atoms with Gasteiger partial charge in [-0.2, -0.15) is 5.10 Å². The summed E-state index contributed by atoms with van der Waals surface area (Å²) in [6.45, 7) is 0. The fourth-order valence-corrected chi connectivity index (χ4v) is 4.19. The van der Waals surface area contributed by atoms with Gasteiger partial charge in [0.1, 0.15) is 0 Å². The number of thioether (sulfide) groups is 1. The molecule has 4 nitrogen and oxygen atoms in total. The standard InChI is InChI=1S/C13H15ClN4S/c1-18-13(10(14)6-16-18)12(17-15)9-7-19-11-5-3-2-4-8(9)11/h2-6,9,12,17H,7,15H2,1H3. The number of rotatable bonds is 3. The molecule has 2 aromatic rings. The van der Waals surface area contributed by atoms with Gasteiger partial charge in [-0.25, -0.2) is 0 Å². The Hall–Kier alpha value is -1.01. The zero-order chi connectivity index (χ0) is 13.4. The lowest BCUT2D eigenvalue weighted by Gasteiger charge is -2.23. The van der Waals surface area contributed by atoms with Crippen molar-refractivity contribution in [1.29, 1.82) is 0 Å². The number of hydrogen-bond acceptors (Lipinski definition) is 4. The van der Waals surface area contributed by atoms with Crippen LogP contribution in [-0.4, -0.2) is 15.5 Å². The van der Waals surface area contributed by atoms with Crippen molar-refractivity contribution in [2.45, 2.75) is 16.9 Å². The molecule has 0 amide bonds. The molecule has 3 rings (SSSR count). The third-order valence-electron chi connectivity index (χ3n) is 3.55. The molecular weight excluding hydrogens is 280 g/mol. The summed E-state index contributed by atoms with van der Waals surface area (Å²) in [5, 5.41) is 4.85. The van der Waals surface area contributed by atoms with E-state index in [1.165, 1.54) is 10.5 Å². The highest BCUT2D eigenvalue weighted by Gasteiger charge is 2.33. The molecule has 100 valence electrons. The van der Waals surface area contributed by atoms with Gasteiger partial charge in [0.15, 0.2) is 0 Å². The fraction of sp³-hybridized carbons (Fsp3) is 0.308. The van der Waals surface area contributed by atoms with E-state index >= 15 is 0 Å². The summed E-state index contributed by atoms with van der Waals surface area (Å²) >= 11 is 8.10. The molecule has 0 bridgehead atoms. The first-order valence-corrected chi connectivity index (χ1v) is 7.44. The highest BCUT2D eigenvalue weighted by atomic mass is 35.5. The van der Waals surface area contributed by atoms with Crippen molar-refractivity contribution in [2.24, 2.45) is 12.9 Å². The summed E-state index contributed by atoms with van der Waals surface area (Å²) in [6.07, 6.45) is 1.66. The van der Waals surface area contributed by atoms with Gasteiger partial charge >= 0.3 is 0 Å². The highest BCUT2D eigenvalue weighted by Crippen LogP contribution is 2.46. The molecule has 2 unspecified atom stereocenters. The molecule has 19 heavy (non-hydrogen) atoms. The number of aromatic nitrogens is 2. The predicted octanol–water partition coefficient (Wildman–Crippen LogP) is 2.47. The number of aryl methyl sites for hydroxylation is 1. The number of halogens is 1. The van der Waals surface area contributed by atoms with Crippen molar-refractivity contribution in [2.75, 3.05) is 5.75 Å². The van der Waals surface area contributed by atoms with Crippen LogP contribution in [-0.2, 0) is 7.05 Å². The lowest BCUT2D eigenvalue weighted by molar-refractivity contribution is 0.454. The Bertz CT molecular complexity index is 579. The molecule has 2 heterocycles. The predicted molar refractivity (Wildman–Crippen MR) is 78.2 cm³/mol. The molecule has 0 fully saturated rings. The minimum atomic E-state index is -0.0313. The summed E-state index contributed by atoms with van der Waals surface area (Å²) in [4.78, 5) is 1.33. The number of nitrogens with two attached hydrogens (primary N) is 1. The second kappa shape index (κ2) is 5.17. The Balaban J connectivity index is 2.01. The molecule has 0 saturated heterocycles. The van der Waals surface area contributed by atoms with Crippen molar-refractivity contribution in [3.8, 4) is 0 Å². The van der Waals surface area contributed by atoms with Gasteiger partial charge in [-0.15, -0.1) is 11.8 Å². The van der Waals surface area contributed by atoms with Crippen LogP contribution in [0, 0.1) is 0 Å². The molecule has 3 N–H and O–H groups in total. The van der Waals surface area contributed by atoms with Crippen LogP contribution in [0.25, 0.3) is 0 Å². The number of hydrazine groups is 1. The molecular formula is C13H15ClN4S. The van der Waals surface area contributed by atoms with Gasteiger partial charge < -0.3 is 0 Å². The van der Waals surface area contributed by atoms with E-state index in [4.69, 9.17) is 17.4 Å². The quantitative estimate of drug-likeness (QED) is 0.674. The Kier molecular flexibility index (Phi) is 3.54. The molecule has 0 aliphatic carbocycles. The molecule has 0 saturated carbocycles. The second-order valence-corrected chi connectivity index (χ2v) is 6.07. The monoisotopic (exact) mass is 294 g/mol. The Morgan fingerprint density at radius 1 is 1.53 bits per heavy atom. The van der Waals surface area contributed by atoms with Gasteiger partial charge in [0.05, 0.1) is 23.0 Å². The normalized spacial score (nSPS) is 19.4. The number of nitrogens with one attached hydrogen (secondary N) is 1. The summed E-state index contributed by atoms with van der Waals surface area (Å²) in [5.41, 5.74) is 5.17. The van der Waals surface area contributed by atoms with Crippen LogP contribution in [0.1, 0.15) is 23.2 Å². The first-order chi connectivity index (χ1) is 9.22. The molecule has 1 aromatic heterocycles. The number of benzene rings is 1. The van der Waals surface area contributed by atoms with Crippen LogP contribution in [0.2, 0.25) is 5.02 Å². The van der Waals surface area contributed by atoms with Gasteiger partial charge in [-0.3, -0.25) is 16.0 Å². The Labute approximate surface area is 121 Å². The van der Waals surface area contributed by atoms with Gasteiger partial charge in [0, 0.05) is 23.6 Å². The second-order valence-electron chi connectivity index (χ2n) is 4.60. The minimum Gasteiger partial charge on any atom is -0.271 e. The van der Waals surface area contributed by atoms with E-state index in [-0.39, 0.29) is 6.04 Å². The lowest BCUT2D eigenvalue weighted by Crippen LogP contribution is -2.34. The average molecular weight is 295 g/mol. The zero-order valence-corrected chi connectivity index (χ0v) is 12.1. The summed E-state index contributed by atoms with van der Waals surface area (Å²) < 4.78 is 1.79. The van der Waals surface area contributed by atoms with Gasteiger partial charge in [-0.05, 0) is 11.6 Å². The molecule has 1 aliphatic rings. The van der Waals surface area contributed by atoms with Crippen LogP contribution in [0.4, 0.5) is 0 Å². The van der Waals surface area contributed by atoms with E-state index in [1.807, 2.05) is 18.8 Å². The van der Waals surface area contributed by atoms with Crippen molar-refractivity contribution < 1.29 is 0 Å². The Morgan fingerprint density at radius 3 is 3.00 bits per heavy atom. The summed E-state index contributed by atoms with van der Waals surface area (Å²) in [7, 11) is 1.89. The minimum absolute atomic E-state index is 0.0313. The zero-order valence-electron chi connectivity index (χ0n) is 10.5. The van der Waals surface area contributed by atoms with E-state index in [9.17, 15) is 0 Å². The van der Waals surface area contributed by atoms with Gasteiger partial charge in [0.2, 0.25) is 0 Å². The van der Waals surface area contributed by atoms with Gasteiger partial charge in [0.25, 0.3) is 0 Å². The smallest absolute Gasteiger partial charge is 0.0834 e. The van der Waals surface area contributed by atoms with Crippen molar-refractivity contribution in [3.05, 3.63) is 46.7 Å². The maximum absolute atomic E-state index is 6.24. The SMILES string of the molecule is Cn1ncc(Cl)c1C(NN)C1CSc2ccccc21. The largest absolute Gasteiger partial charge is 0.271 e. The van der Waals surface area contributed by atoms with E-state index in [2.05, 4.69) is 34.8 Å². The van der Waals surface area contributed by atoms with E-state index in [1.54, 1.807) is 10.9 Å². The summed E-state index contributed by atoms with van der Waals surface area (Å²) in [5.74, 6) is 7.08. The van der Waals surface area contributed by atoms with Crippen molar-refractivity contribution in [1.82, 2.24) is 15.2 Å². The van der Waals surface area contributed by atoms with Crippen LogP contribution < -0.4 is 11.3 Å². The first kappa shape index (κ1) is 13.0. The molecule has 0 radical (unpaired) electrons. The van der Waals surface area contributed by atoms with E-state index < -0.39 is 0 Å². The van der Waals surface area contributed by atoms with Crippen molar-refractivity contribution in [3.63, 3.8) is 0 Å². The van der Waals surface area contributed by atoms with Crippen LogP contribution in [0.5, 0.6) is 0 Å². The van der Waals surface area contributed by atoms with Crippen LogP contribution in [0.3, 0.4) is 0 Å². The van der Waals surface area contributed by atoms with Crippen molar-refractivity contribution >= 4 is 23.4 Å². The van der Waals surface area contributed by atoms with E-state index in [0.29, 0.717) is 10.9 Å².